The zero-order valence-corrected chi connectivity index (χ0v) is 15.6. The fourth-order valence-corrected chi connectivity index (χ4v) is 2.60. The maximum Gasteiger partial charge on any atom is 0.248 e. The molecule has 7 heteroatoms. The van der Waals surface area contributed by atoms with Crippen LogP contribution in [0.25, 0.3) is 0 Å². The average molecular weight is 371 g/mol. The van der Waals surface area contributed by atoms with Gasteiger partial charge in [0.25, 0.3) is 0 Å². The van der Waals surface area contributed by atoms with Gasteiger partial charge < -0.3 is 25.8 Å². The van der Waals surface area contributed by atoms with Gasteiger partial charge in [0.15, 0.2) is 11.5 Å². The molecule has 2 amide bonds. The van der Waals surface area contributed by atoms with E-state index in [1.165, 1.54) is 0 Å². The number of hydrogen-bond acceptors (Lipinski definition) is 5. The van der Waals surface area contributed by atoms with E-state index in [0.29, 0.717) is 36.6 Å². The van der Waals surface area contributed by atoms with E-state index >= 15 is 0 Å². The third-order valence-corrected chi connectivity index (χ3v) is 4.01. The highest BCUT2D eigenvalue weighted by Gasteiger charge is 2.06. The zero-order valence-electron chi connectivity index (χ0n) is 15.6. The van der Waals surface area contributed by atoms with Crippen LogP contribution in [-0.2, 0) is 17.8 Å². The molecule has 2 aromatic carbocycles. The number of ether oxygens (including phenoxy) is 2. The second kappa shape index (κ2) is 10.2. The second-order valence-electron chi connectivity index (χ2n) is 5.96. The largest absolute Gasteiger partial charge is 0.493 e. The summed E-state index contributed by atoms with van der Waals surface area (Å²) in [6.45, 7) is 1.18. The predicted octanol–water partition coefficient (Wildman–Crippen LogP) is 1.25. The monoisotopic (exact) mass is 371 g/mol. The normalized spacial score (nSPS) is 10.3. The maximum atomic E-state index is 11.9. The first kappa shape index (κ1) is 20.3. The minimum absolute atomic E-state index is 0.0958. The number of hydrogen-bond donors (Lipinski definition) is 3. The SMILES string of the molecule is COc1ccc(CCNC(=O)CNCc2cccc(C(N)=O)c2)cc1OC. The van der Waals surface area contributed by atoms with E-state index in [4.69, 9.17) is 15.2 Å². The van der Waals surface area contributed by atoms with Crippen LogP contribution < -0.4 is 25.8 Å². The summed E-state index contributed by atoms with van der Waals surface area (Å²) in [6, 6.07) is 12.7. The van der Waals surface area contributed by atoms with Gasteiger partial charge in [0.05, 0.1) is 20.8 Å². The number of rotatable bonds is 10. The van der Waals surface area contributed by atoms with Gasteiger partial charge in [-0.05, 0) is 41.8 Å². The van der Waals surface area contributed by atoms with Crippen LogP contribution in [0.2, 0.25) is 0 Å². The molecule has 0 spiro atoms. The van der Waals surface area contributed by atoms with E-state index in [-0.39, 0.29) is 12.5 Å². The van der Waals surface area contributed by atoms with E-state index in [2.05, 4.69) is 10.6 Å². The number of nitrogens with one attached hydrogen (secondary N) is 2. The lowest BCUT2D eigenvalue weighted by atomic mass is 10.1. The molecule has 0 aliphatic rings. The first-order valence-corrected chi connectivity index (χ1v) is 8.60. The molecule has 0 saturated carbocycles. The van der Waals surface area contributed by atoms with Crippen LogP contribution in [0.5, 0.6) is 11.5 Å². The molecule has 7 nitrogen and oxygen atoms in total. The molecule has 0 aromatic heterocycles. The fourth-order valence-electron chi connectivity index (χ4n) is 2.60. The molecule has 0 bridgehead atoms. The van der Waals surface area contributed by atoms with Gasteiger partial charge in [0, 0.05) is 18.7 Å². The molecular formula is C20H25N3O4. The molecule has 0 heterocycles. The number of nitrogens with two attached hydrogens (primary N) is 1. The van der Waals surface area contributed by atoms with E-state index in [1.807, 2.05) is 24.3 Å². The van der Waals surface area contributed by atoms with E-state index in [9.17, 15) is 9.59 Å². The topological polar surface area (TPSA) is 103 Å². The summed E-state index contributed by atoms with van der Waals surface area (Å²) in [5.74, 6) is 0.780. The highest BCUT2D eigenvalue weighted by atomic mass is 16.5. The molecule has 4 N–H and O–H groups in total. The molecule has 2 aromatic rings. The van der Waals surface area contributed by atoms with Crippen LogP contribution in [0.1, 0.15) is 21.5 Å². The number of methoxy groups -OCH3 is 2. The molecule has 0 atom stereocenters. The van der Waals surface area contributed by atoms with Gasteiger partial charge >= 0.3 is 0 Å². The fraction of sp³-hybridized carbons (Fsp3) is 0.300. The molecule has 0 aliphatic heterocycles. The standard InChI is InChI=1S/C20H25N3O4/c1-26-17-7-6-14(11-18(17)27-2)8-9-23-19(24)13-22-12-15-4-3-5-16(10-15)20(21)25/h3-7,10-11,22H,8-9,12-13H2,1-2H3,(H2,21,25)(H,23,24). The third-order valence-electron chi connectivity index (χ3n) is 4.01. The number of carbonyl (C=O) groups is 2. The summed E-state index contributed by atoms with van der Waals surface area (Å²) in [6.07, 6.45) is 0.687. The average Bonchev–Trinajstić information content (AvgIpc) is 2.68. The Morgan fingerprint density at radius 2 is 1.78 bits per heavy atom. The minimum Gasteiger partial charge on any atom is -0.493 e. The molecule has 27 heavy (non-hydrogen) atoms. The number of benzene rings is 2. The Hall–Kier alpha value is -3.06. The van der Waals surface area contributed by atoms with Gasteiger partial charge in [-0.3, -0.25) is 9.59 Å². The van der Waals surface area contributed by atoms with Crippen LogP contribution in [0.4, 0.5) is 0 Å². The van der Waals surface area contributed by atoms with E-state index < -0.39 is 5.91 Å². The zero-order chi connectivity index (χ0) is 19.6. The maximum absolute atomic E-state index is 11.9. The van der Waals surface area contributed by atoms with Crippen molar-refractivity contribution in [3.05, 3.63) is 59.2 Å². The number of amides is 2. The lowest BCUT2D eigenvalue weighted by molar-refractivity contribution is -0.120. The van der Waals surface area contributed by atoms with Gasteiger partial charge in [-0.2, -0.15) is 0 Å². The van der Waals surface area contributed by atoms with E-state index in [1.54, 1.807) is 32.4 Å². The van der Waals surface area contributed by atoms with Crippen molar-refractivity contribution in [1.82, 2.24) is 10.6 Å². The van der Waals surface area contributed by atoms with Gasteiger partial charge in [-0.15, -0.1) is 0 Å². The van der Waals surface area contributed by atoms with Crippen LogP contribution in [0.3, 0.4) is 0 Å². The quantitative estimate of drug-likeness (QED) is 0.583. The molecule has 2 rings (SSSR count). The Bertz CT molecular complexity index is 793. The van der Waals surface area contributed by atoms with Gasteiger partial charge in [-0.1, -0.05) is 18.2 Å². The van der Waals surface area contributed by atoms with Crippen molar-refractivity contribution in [2.24, 2.45) is 5.73 Å². The molecule has 0 fully saturated rings. The van der Waals surface area contributed by atoms with Crippen LogP contribution in [-0.4, -0.2) is 39.1 Å². The first-order chi connectivity index (χ1) is 13.0. The number of primary amides is 1. The van der Waals surface area contributed by atoms with Crippen molar-refractivity contribution in [3.8, 4) is 11.5 Å². The Morgan fingerprint density at radius 3 is 2.48 bits per heavy atom. The Kier molecular flexibility index (Phi) is 7.63. The molecular weight excluding hydrogens is 346 g/mol. The highest BCUT2D eigenvalue weighted by molar-refractivity contribution is 5.92. The van der Waals surface area contributed by atoms with Crippen LogP contribution >= 0.6 is 0 Å². The molecule has 0 unspecified atom stereocenters. The molecule has 0 radical (unpaired) electrons. The van der Waals surface area contributed by atoms with Crippen molar-refractivity contribution < 1.29 is 19.1 Å². The highest BCUT2D eigenvalue weighted by Crippen LogP contribution is 2.27. The predicted molar refractivity (Wildman–Crippen MR) is 103 cm³/mol. The van der Waals surface area contributed by atoms with Crippen molar-refractivity contribution in [2.75, 3.05) is 27.3 Å². The summed E-state index contributed by atoms with van der Waals surface area (Å²) in [4.78, 5) is 23.1. The van der Waals surface area contributed by atoms with Crippen molar-refractivity contribution in [2.45, 2.75) is 13.0 Å². The van der Waals surface area contributed by atoms with Crippen LogP contribution in [0.15, 0.2) is 42.5 Å². The molecule has 144 valence electrons. The summed E-state index contributed by atoms with van der Waals surface area (Å²) in [5.41, 5.74) is 7.65. The van der Waals surface area contributed by atoms with Gasteiger partial charge in [0.2, 0.25) is 11.8 Å². The van der Waals surface area contributed by atoms with E-state index in [0.717, 1.165) is 11.1 Å². The van der Waals surface area contributed by atoms with Gasteiger partial charge in [-0.25, -0.2) is 0 Å². The summed E-state index contributed by atoms with van der Waals surface area (Å²) in [7, 11) is 3.18. The van der Waals surface area contributed by atoms with Crippen LogP contribution in [0, 0.1) is 0 Å². The first-order valence-electron chi connectivity index (χ1n) is 8.60. The summed E-state index contributed by atoms with van der Waals surface area (Å²) >= 11 is 0. The third kappa shape index (κ3) is 6.31. The Balaban J connectivity index is 1.72. The van der Waals surface area contributed by atoms with Crippen molar-refractivity contribution in [3.63, 3.8) is 0 Å². The minimum atomic E-state index is -0.468. The smallest absolute Gasteiger partial charge is 0.248 e. The number of carbonyl (C=O) groups excluding carboxylic acids is 2. The Labute approximate surface area is 158 Å². The summed E-state index contributed by atoms with van der Waals surface area (Å²) < 4.78 is 10.5. The lowest BCUT2D eigenvalue weighted by Crippen LogP contribution is -2.34. The molecule has 0 saturated heterocycles. The lowest BCUT2D eigenvalue weighted by Gasteiger charge is -2.10. The Morgan fingerprint density at radius 1 is 1.00 bits per heavy atom. The van der Waals surface area contributed by atoms with Crippen molar-refractivity contribution in [1.29, 1.82) is 0 Å². The van der Waals surface area contributed by atoms with Gasteiger partial charge in [0.1, 0.15) is 0 Å². The second-order valence-corrected chi connectivity index (χ2v) is 5.96. The summed E-state index contributed by atoms with van der Waals surface area (Å²) in [5, 5.41) is 5.91. The van der Waals surface area contributed by atoms with Crippen molar-refractivity contribution >= 4 is 11.8 Å². The molecule has 0 aliphatic carbocycles.